The van der Waals surface area contributed by atoms with Gasteiger partial charge < -0.3 is 0 Å². The van der Waals surface area contributed by atoms with Crippen molar-refractivity contribution in [3.05, 3.63) is 47.0 Å². The Morgan fingerprint density at radius 1 is 1.26 bits per heavy atom. The second-order valence-electron chi connectivity index (χ2n) is 4.84. The first-order chi connectivity index (χ1) is 9.08. The van der Waals surface area contributed by atoms with Gasteiger partial charge in [0.2, 0.25) is 0 Å². The van der Waals surface area contributed by atoms with Gasteiger partial charge in [0.15, 0.2) is 0 Å². The van der Waals surface area contributed by atoms with Crippen molar-refractivity contribution in [2.24, 2.45) is 7.05 Å². The zero-order valence-corrected chi connectivity index (χ0v) is 11.7. The maximum absolute atomic E-state index is 12.0. The van der Waals surface area contributed by atoms with Gasteiger partial charge in [-0.05, 0) is 43.5 Å². The van der Waals surface area contributed by atoms with Crippen LogP contribution in [0.25, 0.3) is 0 Å². The molecule has 0 bridgehead atoms. The number of hydrogen-bond donors (Lipinski definition) is 0. The van der Waals surface area contributed by atoms with E-state index in [4.69, 9.17) is 0 Å². The fraction of sp³-hybridized carbons (Fsp3) is 0.400. The molecule has 2 aromatic heterocycles. The molecule has 0 saturated carbocycles. The number of nitrogens with zero attached hydrogens (tertiary/aromatic N) is 3. The highest BCUT2D eigenvalue weighted by Crippen LogP contribution is 2.14. The van der Waals surface area contributed by atoms with Crippen LogP contribution < -0.4 is 0 Å². The molecule has 100 valence electrons. The Bertz CT molecular complexity index is 573. The predicted molar refractivity (Wildman–Crippen MR) is 74.0 cm³/mol. The molecule has 0 atom stereocenters. The zero-order chi connectivity index (χ0) is 13.8. The van der Waals surface area contributed by atoms with E-state index >= 15 is 0 Å². The van der Waals surface area contributed by atoms with Crippen LogP contribution in [0.2, 0.25) is 0 Å². The van der Waals surface area contributed by atoms with Crippen LogP contribution in [0.3, 0.4) is 0 Å². The van der Waals surface area contributed by atoms with Gasteiger partial charge in [0.1, 0.15) is 5.78 Å². The SMILES string of the molecule is Cc1nn(C)c(C)c1CCC(=O)Cc1ccncc1. The highest BCUT2D eigenvalue weighted by Gasteiger charge is 2.11. The fourth-order valence-corrected chi connectivity index (χ4v) is 2.26. The molecule has 2 heterocycles. The minimum Gasteiger partial charge on any atom is -0.299 e. The lowest BCUT2D eigenvalue weighted by atomic mass is 10.0. The Labute approximate surface area is 113 Å². The van der Waals surface area contributed by atoms with Gasteiger partial charge in [-0.1, -0.05) is 0 Å². The Kier molecular flexibility index (Phi) is 4.10. The van der Waals surface area contributed by atoms with Gasteiger partial charge in [0, 0.05) is 38.0 Å². The van der Waals surface area contributed by atoms with E-state index in [0.717, 1.165) is 23.4 Å². The van der Waals surface area contributed by atoms with Gasteiger partial charge in [-0.15, -0.1) is 0 Å². The number of carbonyl (C=O) groups excluding carboxylic acids is 1. The van der Waals surface area contributed by atoms with Gasteiger partial charge in [-0.2, -0.15) is 5.10 Å². The van der Waals surface area contributed by atoms with Crippen molar-refractivity contribution >= 4 is 5.78 Å². The Hall–Kier alpha value is -1.97. The summed E-state index contributed by atoms with van der Waals surface area (Å²) in [6.45, 7) is 4.04. The summed E-state index contributed by atoms with van der Waals surface area (Å²) in [5, 5.41) is 4.37. The van der Waals surface area contributed by atoms with Crippen LogP contribution in [0, 0.1) is 13.8 Å². The Morgan fingerprint density at radius 2 is 1.95 bits per heavy atom. The molecule has 0 aliphatic rings. The molecule has 19 heavy (non-hydrogen) atoms. The summed E-state index contributed by atoms with van der Waals surface area (Å²) < 4.78 is 1.87. The summed E-state index contributed by atoms with van der Waals surface area (Å²) in [4.78, 5) is 15.9. The molecule has 0 aliphatic heterocycles. The Balaban J connectivity index is 1.94. The number of hydrogen-bond acceptors (Lipinski definition) is 3. The highest BCUT2D eigenvalue weighted by atomic mass is 16.1. The van der Waals surface area contributed by atoms with Crippen LogP contribution >= 0.6 is 0 Å². The number of rotatable bonds is 5. The van der Waals surface area contributed by atoms with Crippen LogP contribution in [-0.2, 0) is 24.7 Å². The maximum Gasteiger partial charge on any atom is 0.137 e. The number of aryl methyl sites for hydroxylation is 2. The van der Waals surface area contributed by atoms with Crippen molar-refractivity contribution in [1.82, 2.24) is 14.8 Å². The molecule has 0 radical (unpaired) electrons. The van der Waals surface area contributed by atoms with Crippen molar-refractivity contribution < 1.29 is 4.79 Å². The van der Waals surface area contributed by atoms with Gasteiger partial charge in [0.25, 0.3) is 0 Å². The molecule has 0 aromatic carbocycles. The van der Waals surface area contributed by atoms with Crippen LogP contribution in [0.5, 0.6) is 0 Å². The number of aromatic nitrogens is 3. The van der Waals surface area contributed by atoms with E-state index in [-0.39, 0.29) is 5.78 Å². The first kappa shape index (κ1) is 13.5. The van der Waals surface area contributed by atoms with Gasteiger partial charge in [-0.3, -0.25) is 14.5 Å². The second-order valence-corrected chi connectivity index (χ2v) is 4.84. The quantitative estimate of drug-likeness (QED) is 0.824. The first-order valence-corrected chi connectivity index (χ1v) is 6.47. The minimum absolute atomic E-state index is 0.258. The molecular formula is C15H19N3O. The summed E-state index contributed by atoms with van der Waals surface area (Å²) in [5.74, 6) is 0.258. The van der Waals surface area contributed by atoms with Crippen LogP contribution in [0.4, 0.5) is 0 Å². The fourth-order valence-electron chi connectivity index (χ4n) is 2.26. The summed E-state index contributed by atoms with van der Waals surface area (Å²) in [6, 6.07) is 3.77. The number of ketones is 1. The first-order valence-electron chi connectivity index (χ1n) is 6.47. The van der Waals surface area contributed by atoms with Gasteiger partial charge >= 0.3 is 0 Å². The third kappa shape index (κ3) is 3.28. The highest BCUT2D eigenvalue weighted by molar-refractivity contribution is 5.81. The zero-order valence-electron chi connectivity index (χ0n) is 11.7. The van der Waals surface area contributed by atoms with Crippen molar-refractivity contribution in [3.8, 4) is 0 Å². The van der Waals surface area contributed by atoms with Gasteiger partial charge in [0.05, 0.1) is 5.69 Å². The molecule has 0 fully saturated rings. The number of Topliss-reactive ketones (excluding diaryl/α,β-unsaturated/α-hetero) is 1. The van der Waals surface area contributed by atoms with E-state index < -0.39 is 0 Å². The number of carbonyl (C=O) groups is 1. The third-order valence-electron chi connectivity index (χ3n) is 3.46. The molecule has 4 heteroatoms. The van der Waals surface area contributed by atoms with Crippen LogP contribution in [0.1, 0.15) is 28.9 Å². The molecule has 2 rings (SSSR count). The van der Waals surface area contributed by atoms with Crippen molar-refractivity contribution in [2.45, 2.75) is 33.1 Å². The molecular weight excluding hydrogens is 238 g/mol. The lowest BCUT2D eigenvalue weighted by Gasteiger charge is -2.03. The van der Waals surface area contributed by atoms with E-state index in [1.807, 2.05) is 37.7 Å². The minimum atomic E-state index is 0.258. The second kappa shape index (κ2) is 5.78. The summed E-state index contributed by atoms with van der Waals surface area (Å²) >= 11 is 0. The smallest absolute Gasteiger partial charge is 0.137 e. The lowest BCUT2D eigenvalue weighted by Crippen LogP contribution is -2.05. The van der Waals surface area contributed by atoms with Crippen molar-refractivity contribution in [3.63, 3.8) is 0 Å². The van der Waals surface area contributed by atoms with E-state index in [2.05, 4.69) is 10.1 Å². The number of pyridine rings is 1. The molecule has 0 amide bonds. The average Bonchev–Trinajstić information content (AvgIpc) is 2.62. The molecule has 4 nitrogen and oxygen atoms in total. The van der Waals surface area contributed by atoms with Gasteiger partial charge in [-0.25, -0.2) is 0 Å². The topological polar surface area (TPSA) is 47.8 Å². The standard InChI is InChI=1S/C15H19N3O/c1-11-15(12(2)18(3)17-11)5-4-14(19)10-13-6-8-16-9-7-13/h6-9H,4-5,10H2,1-3H3. The van der Waals surface area contributed by atoms with E-state index in [0.29, 0.717) is 12.8 Å². The summed E-state index contributed by atoms with van der Waals surface area (Å²) in [7, 11) is 1.94. The van der Waals surface area contributed by atoms with Crippen LogP contribution in [-0.4, -0.2) is 20.5 Å². The predicted octanol–water partition coefficient (Wildman–Crippen LogP) is 2.18. The molecule has 0 saturated heterocycles. The largest absolute Gasteiger partial charge is 0.299 e. The van der Waals surface area contributed by atoms with Crippen LogP contribution in [0.15, 0.2) is 24.5 Å². The molecule has 0 aliphatic carbocycles. The maximum atomic E-state index is 12.0. The monoisotopic (exact) mass is 257 g/mol. The summed E-state index contributed by atoms with van der Waals surface area (Å²) in [6.07, 6.45) is 5.27. The van der Waals surface area contributed by atoms with E-state index in [9.17, 15) is 4.79 Å². The molecule has 2 aromatic rings. The Morgan fingerprint density at radius 3 is 2.53 bits per heavy atom. The summed E-state index contributed by atoms with van der Waals surface area (Å²) in [5.41, 5.74) is 4.40. The van der Waals surface area contributed by atoms with E-state index in [1.54, 1.807) is 12.4 Å². The van der Waals surface area contributed by atoms with Crippen molar-refractivity contribution in [1.29, 1.82) is 0 Å². The molecule has 0 N–H and O–H groups in total. The third-order valence-corrected chi connectivity index (χ3v) is 3.46. The van der Waals surface area contributed by atoms with Crippen molar-refractivity contribution in [2.75, 3.05) is 0 Å². The lowest BCUT2D eigenvalue weighted by molar-refractivity contribution is -0.118. The normalized spacial score (nSPS) is 10.7. The van der Waals surface area contributed by atoms with E-state index in [1.165, 1.54) is 5.56 Å². The molecule has 0 spiro atoms. The average molecular weight is 257 g/mol. The molecule has 0 unspecified atom stereocenters.